The van der Waals surface area contributed by atoms with E-state index in [1.54, 1.807) is 6.08 Å². The zero-order chi connectivity index (χ0) is 12.1. The number of hydrogen-bond acceptors (Lipinski definition) is 1. The van der Waals surface area contributed by atoms with E-state index in [1.165, 1.54) is 38.5 Å². The Morgan fingerprint density at radius 3 is 2.38 bits per heavy atom. The van der Waals surface area contributed by atoms with Crippen molar-refractivity contribution >= 4 is 0 Å². The molecule has 1 heteroatoms. The van der Waals surface area contributed by atoms with Gasteiger partial charge in [0.15, 0.2) is 0 Å². The maximum Gasteiger partial charge on any atom is 0.0794 e. The molecule has 0 amide bonds. The summed E-state index contributed by atoms with van der Waals surface area (Å²) in [5, 5.41) is 9.61. The van der Waals surface area contributed by atoms with E-state index in [2.05, 4.69) is 19.6 Å². The van der Waals surface area contributed by atoms with Crippen molar-refractivity contribution in [2.24, 2.45) is 0 Å². The molecule has 0 aliphatic carbocycles. The van der Waals surface area contributed by atoms with Crippen LogP contribution in [0.3, 0.4) is 0 Å². The summed E-state index contributed by atoms with van der Waals surface area (Å²) in [6, 6.07) is 0. The van der Waals surface area contributed by atoms with E-state index in [9.17, 15) is 5.11 Å². The van der Waals surface area contributed by atoms with Gasteiger partial charge in [0, 0.05) is 0 Å². The molecule has 0 bridgehead atoms. The van der Waals surface area contributed by atoms with Crippen LogP contribution in [-0.4, -0.2) is 11.2 Å². The Balaban J connectivity index is 3.45. The van der Waals surface area contributed by atoms with Crippen molar-refractivity contribution in [1.82, 2.24) is 0 Å². The minimum absolute atomic E-state index is 0.292. The topological polar surface area (TPSA) is 20.2 Å². The molecule has 94 valence electrons. The van der Waals surface area contributed by atoms with Gasteiger partial charge in [-0.2, -0.15) is 0 Å². The Morgan fingerprint density at radius 1 is 1.00 bits per heavy atom. The highest BCUT2D eigenvalue weighted by atomic mass is 16.3. The summed E-state index contributed by atoms with van der Waals surface area (Å²) in [6.07, 6.45) is 14.2. The average molecular weight is 224 g/mol. The SMILES string of the molecule is CCCCCC=C=C[C@@H](O)CCCCCC. The molecule has 0 aromatic carbocycles. The van der Waals surface area contributed by atoms with Crippen LogP contribution in [0.1, 0.15) is 71.6 Å². The van der Waals surface area contributed by atoms with E-state index in [-0.39, 0.29) is 6.10 Å². The molecule has 0 heterocycles. The zero-order valence-corrected chi connectivity index (χ0v) is 11.0. The molecule has 0 aromatic heterocycles. The highest BCUT2D eigenvalue weighted by molar-refractivity contribution is 4.89. The van der Waals surface area contributed by atoms with Gasteiger partial charge in [-0.1, -0.05) is 52.4 Å². The Bertz CT molecular complexity index is 190. The van der Waals surface area contributed by atoms with Crippen molar-refractivity contribution in [2.45, 2.75) is 77.7 Å². The van der Waals surface area contributed by atoms with Gasteiger partial charge < -0.3 is 5.11 Å². The van der Waals surface area contributed by atoms with Crippen LogP contribution in [0.2, 0.25) is 0 Å². The van der Waals surface area contributed by atoms with Gasteiger partial charge in [-0.25, -0.2) is 0 Å². The fourth-order valence-corrected chi connectivity index (χ4v) is 1.62. The molecule has 0 spiro atoms. The lowest BCUT2D eigenvalue weighted by atomic mass is 10.1. The van der Waals surface area contributed by atoms with Crippen LogP contribution < -0.4 is 0 Å². The maximum absolute atomic E-state index is 9.61. The van der Waals surface area contributed by atoms with E-state index in [1.807, 2.05) is 6.08 Å². The summed E-state index contributed by atoms with van der Waals surface area (Å²) in [7, 11) is 0. The monoisotopic (exact) mass is 224 g/mol. The van der Waals surface area contributed by atoms with Gasteiger partial charge in [0.05, 0.1) is 6.10 Å². The summed E-state index contributed by atoms with van der Waals surface area (Å²) in [4.78, 5) is 0. The second kappa shape index (κ2) is 12.5. The molecule has 0 fully saturated rings. The van der Waals surface area contributed by atoms with Crippen LogP contribution in [0.15, 0.2) is 17.9 Å². The van der Waals surface area contributed by atoms with Gasteiger partial charge >= 0.3 is 0 Å². The standard InChI is InChI=1S/C15H28O/c1-3-5-7-9-10-12-14-15(16)13-11-8-6-4-2/h10,14-16H,3-9,11,13H2,1-2H3/t12?,15-/m0/s1. The van der Waals surface area contributed by atoms with Crippen molar-refractivity contribution in [3.63, 3.8) is 0 Å². The number of rotatable bonds is 10. The Labute approximate surface area is 101 Å². The molecule has 1 atom stereocenters. The predicted molar refractivity (Wildman–Crippen MR) is 71.6 cm³/mol. The number of aliphatic hydroxyl groups is 1. The molecular formula is C15H28O. The number of hydrogen-bond donors (Lipinski definition) is 1. The quantitative estimate of drug-likeness (QED) is 0.424. The molecule has 0 aliphatic heterocycles. The van der Waals surface area contributed by atoms with Crippen LogP contribution in [0.4, 0.5) is 0 Å². The van der Waals surface area contributed by atoms with E-state index < -0.39 is 0 Å². The molecule has 1 N–H and O–H groups in total. The maximum atomic E-state index is 9.61. The largest absolute Gasteiger partial charge is 0.388 e. The first-order valence-corrected chi connectivity index (χ1v) is 6.90. The molecule has 0 aliphatic rings. The van der Waals surface area contributed by atoms with Gasteiger partial charge in [-0.15, -0.1) is 5.73 Å². The normalized spacial score (nSPS) is 11.9. The first-order valence-electron chi connectivity index (χ1n) is 6.90. The van der Waals surface area contributed by atoms with Crippen molar-refractivity contribution in [3.05, 3.63) is 17.9 Å². The molecule has 0 unspecified atom stereocenters. The number of unbranched alkanes of at least 4 members (excludes halogenated alkanes) is 6. The van der Waals surface area contributed by atoms with Gasteiger partial charge in [-0.3, -0.25) is 0 Å². The van der Waals surface area contributed by atoms with Crippen molar-refractivity contribution in [3.8, 4) is 0 Å². The van der Waals surface area contributed by atoms with Crippen LogP contribution in [0, 0.1) is 0 Å². The third-order valence-electron chi connectivity index (χ3n) is 2.71. The lowest BCUT2D eigenvalue weighted by Gasteiger charge is -2.02. The molecule has 0 aromatic rings. The average Bonchev–Trinajstić information content (AvgIpc) is 2.29. The second-order valence-electron chi connectivity index (χ2n) is 4.45. The van der Waals surface area contributed by atoms with Crippen molar-refractivity contribution in [1.29, 1.82) is 0 Å². The minimum Gasteiger partial charge on any atom is -0.388 e. The smallest absolute Gasteiger partial charge is 0.0794 e. The highest BCUT2D eigenvalue weighted by Crippen LogP contribution is 2.06. The first-order chi connectivity index (χ1) is 7.81. The fourth-order valence-electron chi connectivity index (χ4n) is 1.62. The van der Waals surface area contributed by atoms with Gasteiger partial charge in [0.25, 0.3) is 0 Å². The summed E-state index contributed by atoms with van der Waals surface area (Å²) in [5.41, 5.74) is 3.08. The van der Waals surface area contributed by atoms with Crippen molar-refractivity contribution < 1.29 is 5.11 Å². The molecule has 0 saturated carbocycles. The third kappa shape index (κ3) is 11.6. The molecule has 0 rings (SSSR count). The highest BCUT2D eigenvalue weighted by Gasteiger charge is 1.97. The fraction of sp³-hybridized carbons (Fsp3) is 0.800. The summed E-state index contributed by atoms with van der Waals surface area (Å²) in [6.45, 7) is 4.41. The molecule has 0 saturated heterocycles. The van der Waals surface area contributed by atoms with E-state index in [0.29, 0.717) is 0 Å². The Kier molecular flexibility index (Phi) is 12.1. The Morgan fingerprint density at radius 2 is 1.69 bits per heavy atom. The summed E-state index contributed by atoms with van der Waals surface area (Å²) in [5.74, 6) is 0. The molecule has 0 radical (unpaired) electrons. The van der Waals surface area contributed by atoms with Gasteiger partial charge in [0.2, 0.25) is 0 Å². The second-order valence-corrected chi connectivity index (χ2v) is 4.45. The minimum atomic E-state index is -0.292. The molecular weight excluding hydrogens is 196 g/mol. The summed E-state index contributed by atoms with van der Waals surface area (Å²) >= 11 is 0. The third-order valence-corrected chi connectivity index (χ3v) is 2.71. The van der Waals surface area contributed by atoms with Crippen LogP contribution in [-0.2, 0) is 0 Å². The zero-order valence-electron chi connectivity index (χ0n) is 11.0. The Hall–Kier alpha value is -0.520. The van der Waals surface area contributed by atoms with Crippen LogP contribution in [0.25, 0.3) is 0 Å². The summed E-state index contributed by atoms with van der Waals surface area (Å²) < 4.78 is 0. The molecule has 16 heavy (non-hydrogen) atoms. The lowest BCUT2D eigenvalue weighted by molar-refractivity contribution is 0.208. The predicted octanol–water partition coefficient (Wildman–Crippen LogP) is 4.61. The van der Waals surface area contributed by atoms with Crippen LogP contribution >= 0.6 is 0 Å². The molecule has 1 nitrogen and oxygen atoms in total. The van der Waals surface area contributed by atoms with E-state index >= 15 is 0 Å². The van der Waals surface area contributed by atoms with Gasteiger partial charge in [0.1, 0.15) is 0 Å². The first kappa shape index (κ1) is 15.5. The van der Waals surface area contributed by atoms with Crippen LogP contribution in [0.5, 0.6) is 0 Å². The van der Waals surface area contributed by atoms with E-state index in [4.69, 9.17) is 0 Å². The van der Waals surface area contributed by atoms with E-state index in [0.717, 1.165) is 19.3 Å². The lowest BCUT2D eigenvalue weighted by Crippen LogP contribution is -2.00. The van der Waals surface area contributed by atoms with Gasteiger partial charge in [-0.05, 0) is 31.4 Å². The van der Waals surface area contributed by atoms with Crippen molar-refractivity contribution in [2.75, 3.05) is 0 Å². The number of aliphatic hydroxyl groups excluding tert-OH is 1.